The number of rotatable bonds is 0. The van der Waals surface area contributed by atoms with Gasteiger partial charge in [-0.25, -0.2) is 0 Å². The van der Waals surface area contributed by atoms with E-state index in [0.717, 1.165) is 13.1 Å². The topological polar surface area (TPSA) is 6.48 Å². The van der Waals surface area contributed by atoms with Crippen LogP contribution in [0.15, 0.2) is 48.9 Å². The molecule has 0 aromatic heterocycles. The summed E-state index contributed by atoms with van der Waals surface area (Å²) in [6.07, 6.45) is 17.5. The van der Waals surface area contributed by atoms with Gasteiger partial charge in [-0.1, -0.05) is 24.3 Å². The van der Waals surface area contributed by atoms with Gasteiger partial charge in [0.05, 0.1) is 12.1 Å². The molecule has 0 amide bonds. The number of hydrogen-bond acceptors (Lipinski definition) is 2. The Kier molecular flexibility index (Phi) is 1.72. The van der Waals surface area contributed by atoms with Crippen LogP contribution in [0.25, 0.3) is 0 Å². The normalized spacial score (nSPS) is 33.1. The van der Waals surface area contributed by atoms with Crippen LogP contribution >= 0.6 is 0 Å². The van der Waals surface area contributed by atoms with Gasteiger partial charge in [0.2, 0.25) is 0 Å². The zero-order chi connectivity index (χ0) is 9.38. The van der Waals surface area contributed by atoms with Gasteiger partial charge in [0.1, 0.15) is 0 Å². The molecule has 2 unspecified atom stereocenters. The van der Waals surface area contributed by atoms with Gasteiger partial charge < -0.3 is 9.80 Å². The maximum absolute atomic E-state index is 2.42. The molecule has 1 fully saturated rings. The standard InChI is InChI=1S/C12H14N2/c1-3-7-13-9-10-14-8-4-2-6-12(14)11(13)5-1/h1-8,11-12H,9-10H2. The Morgan fingerprint density at radius 1 is 0.714 bits per heavy atom. The van der Waals surface area contributed by atoms with Crippen molar-refractivity contribution in [2.24, 2.45) is 0 Å². The molecule has 3 rings (SSSR count). The van der Waals surface area contributed by atoms with Crippen molar-refractivity contribution in [3.05, 3.63) is 48.9 Å². The Balaban J connectivity index is 1.90. The Bertz CT molecular complexity index is 304. The summed E-state index contributed by atoms with van der Waals surface area (Å²) < 4.78 is 0. The molecule has 0 aliphatic carbocycles. The lowest BCUT2D eigenvalue weighted by atomic mass is 9.98. The molecule has 0 aromatic rings. The third-order valence-electron chi connectivity index (χ3n) is 3.13. The molecule has 2 heteroatoms. The van der Waals surface area contributed by atoms with Crippen LogP contribution in [0.3, 0.4) is 0 Å². The molecule has 0 N–H and O–H groups in total. The lowest BCUT2D eigenvalue weighted by Gasteiger charge is -2.46. The van der Waals surface area contributed by atoms with E-state index < -0.39 is 0 Å². The van der Waals surface area contributed by atoms with Crippen LogP contribution in [0, 0.1) is 0 Å². The molecule has 0 radical (unpaired) electrons. The van der Waals surface area contributed by atoms with Crippen molar-refractivity contribution >= 4 is 0 Å². The average molecular weight is 186 g/mol. The molecule has 3 aliphatic rings. The second-order valence-corrected chi connectivity index (χ2v) is 3.91. The quantitative estimate of drug-likeness (QED) is 0.566. The largest absolute Gasteiger partial charge is 0.367 e. The Morgan fingerprint density at radius 2 is 1.21 bits per heavy atom. The minimum atomic E-state index is 0.523. The summed E-state index contributed by atoms with van der Waals surface area (Å²) in [5.41, 5.74) is 0. The molecule has 3 heterocycles. The average Bonchev–Trinajstić information content (AvgIpc) is 2.29. The lowest BCUT2D eigenvalue weighted by molar-refractivity contribution is 0.131. The number of allylic oxidation sites excluding steroid dienone is 4. The smallest absolute Gasteiger partial charge is 0.0711 e. The fourth-order valence-electron chi connectivity index (χ4n) is 2.39. The maximum atomic E-state index is 2.42. The molecule has 2 nitrogen and oxygen atoms in total. The molecule has 72 valence electrons. The van der Waals surface area contributed by atoms with Crippen LogP contribution < -0.4 is 0 Å². The number of nitrogens with zero attached hydrogens (tertiary/aromatic N) is 2. The second kappa shape index (κ2) is 3.05. The molecule has 3 aliphatic heterocycles. The Morgan fingerprint density at radius 3 is 1.71 bits per heavy atom. The Labute approximate surface area is 84.5 Å². The van der Waals surface area contributed by atoms with E-state index in [1.54, 1.807) is 0 Å². The van der Waals surface area contributed by atoms with Crippen LogP contribution in [-0.4, -0.2) is 35.0 Å². The van der Waals surface area contributed by atoms with Crippen LogP contribution in [0.5, 0.6) is 0 Å². The van der Waals surface area contributed by atoms with Crippen molar-refractivity contribution in [3.8, 4) is 0 Å². The SMILES string of the molecule is C1=CC2C3C=CC=CN3CCN2C=C1. The first kappa shape index (κ1) is 7.92. The minimum Gasteiger partial charge on any atom is -0.367 e. The van der Waals surface area contributed by atoms with E-state index in [0.29, 0.717) is 12.1 Å². The molecule has 14 heavy (non-hydrogen) atoms. The third-order valence-corrected chi connectivity index (χ3v) is 3.13. The molecule has 1 saturated heterocycles. The van der Waals surface area contributed by atoms with Gasteiger partial charge in [0.15, 0.2) is 0 Å². The van der Waals surface area contributed by atoms with E-state index >= 15 is 0 Å². The highest BCUT2D eigenvalue weighted by Gasteiger charge is 2.31. The van der Waals surface area contributed by atoms with Gasteiger partial charge in [-0.2, -0.15) is 0 Å². The van der Waals surface area contributed by atoms with E-state index in [-0.39, 0.29) is 0 Å². The van der Waals surface area contributed by atoms with Crippen LogP contribution in [0.2, 0.25) is 0 Å². The maximum Gasteiger partial charge on any atom is 0.0711 e. The van der Waals surface area contributed by atoms with E-state index in [1.807, 2.05) is 0 Å². The van der Waals surface area contributed by atoms with Crippen molar-refractivity contribution in [1.82, 2.24) is 9.80 Å². The molecule has 0 aromatic carbocycles. The predicted octanol–water partition coefficient (Wildman–Crippen LogP) is 1.51. The van der Waals surface area contributed by atoms with E-state index in [2.05, 4.69) is 58.7 Å². The van der Waals surface area contributed by atoms with Crippen LogP contribution in [-0.2, 0) is 0 Å². The van der Waals surface area contributed by atoms with Gasteiger partial charge in [0.25, 0.3) is 0 Å². The van der Waals surface area contributed by atoms with Gasteiger partial charge in [-0.3, -0.25) is 0 Å². The summed E-state index contributed by atoms with van der Waals surface area (Å²) >= 11 is 0. The predicted molar refractivity (Wildman–Crippen MR) is 57.5 cm³/mol. The Hall–Kier alpha value is -1.44. The van der Waals surface area contributed by atoms with Crippen molar-refractivity contribution < 1.29 is 0 Å². The summed E-state index contributed by atoms with van der Waals surface area (Å²) in [5, 5.41) is 0. The fraction of sp³-hybridized carbons (Fsp3) is 0.333. The van der Waals surface area contributed by atoms with E-state index in [1.165, 1.54) is 0 Å². The summed E-state index contributed by atoms with van der Waals surface area (Å²) in [6.45, 7) is 2.25. The first-order valence-electron chi connectivity index (χ1n) is 5.17. The lowest BCUT2D eigenvalue weighted by Crippen LogP contribution is -2.55. The summed E-state index contributed by atoms with van der Waals surface area (Å²) in [5.74, 6) is 0. The van der Waals surface area contributed by atoms with E-state index in [4.69, 9.17) is 0 Å². The minimum absolute atomic E-state index is 0.523. The first-order valence-corrected chi connectivity index (χ1v) is 5.17. The molecule has 0 spiro atoms. The van der Waals surface area contributed by atoms with Crippen LogP contribution in [0.4, 0.5) is 0 Å². The zero-order valence-electron chi connectivity index (χ0n) is 8.08. The molecule has 2 atom stereocenters. The van der Waals surface area contributed by atoms with Gasteiger partial charge in [-0.15, -0.1) is 0 Å². The monoisotopic (exact) mass is 186 g/mol. The molecular weight excluding hydrogens is 172 g/mol. The fourth-order valence-corrected chi connectivity index (χ4v) is 2.39. The van der Waals surface area contributed by atoms with Crippen LogP contribution in [0.1, 0.15) is 0 Å². The summed E-state index contributed by atoms with van der Waals surface area (Å²) in [4.78, 5) is 4.84. The third kappa shape index (κ3) is 1.10. The van der Waals surface area contributed by atoms with Gasteiger partial charge in [0, 0.05) is 13.1 Å². The van der Waals surface area contributed by atoms with E-state index in [9.17, 15) is 0 Å². The zero-order valence-corrected chi connectivity index (χ0v) is 8.08. The first-order chi connectivity index (χ1) is 6.95. The van der Waals surface area contributed by atoms with Crippen molar-refractivity contribution in [2.45, 2.75) is 12.1 Å². The number of fused-ring (bicyclic) bond motifs is 3. The highest BCUT2D eigenvalue weighted by molar-refractivity contribution is 5.25. The highest BCUT2D eigenvalue weighted by atomic mass is 15.3. The number of hydrogen-bond donors (Lipinski definition) is 0. The van der Waals surface area contributed by atoms with Crippen molar-refractivity contribution in [2.75, 3.05) is 13.1 Å². The molecule has 0 bridgehead atoms. The summed E-state index contributed by atoms with van der Waals surface area (Å²) in [7, 11) is 0. The van der Waals surface area contributed by atoms with Crippen molar-refractivity contribution in [3.63, 3.8) is 0 Å². The second-order valence-electron chi connectivity index (χ2n) is 3.91. The van der Waals surface area contributed by atoms with Gasteiger partial charge in [-0.05, 0) is 24.6 Å². The molecule has 0 saturated carbocycles. The van der Waals surface area contributed by atoms with Gasteiger partial charge >= 0.3 is 0 Å². The highest BCUT2D eigenvalue weighted by Crippen LogP contribution is 2.24. The number of piperazine rings is 1. The summed E-state index contributed by atoms with van der Waals surface area (Å²) in [6, 6.07) is 1.05. The van der Waals surface area contributed by atoms with Crippen molar-refractivity contribution in [1.29, 1.82) is 0 Å². The molecular formula is C12H14N2.